The highest BCUT2D eigenvalue weighted by atomic mass is 32.2. The highest BCUT2D eigenvalue weighted by Crippen LogP contribution is 2.23. The lowest BCUT2D eigenvalue weighted by atomic mass is 10.1. The number of thioether (sulfide) groups is 1. The fourth-order valence-electron chi connectivity index (χ4n) is 2.45. The number of nitrogens with two attached hydrogens (primary N) is 1. The summed E-state index contributed by atoms with van der Waals surface area (Å²) in [6, 6.07) is 11.7. The van der Waals surface area contributed by atoms with Gasteiger partial charge in [0.15, 0.2) is 5.82 Å². The van der Waals surface area contributed by atoms with Gasteiger partial charge in [0.1, 0.15) is 11.6 Å². The van der Waals surface area contributed by atoms with Crippen LogP contribution >= 0.6 is 11.8 Å². The van der Waals surface area contributed by atoms with Crippen LogP contribution in [0.1, 0.15) is 18.5 Å². The molecule has 1 atom stereocenters. The molecule has 3 N–H and O–H groups in total. The maximum absolute atomic E-state index is 13.9. The summed E-state index contributed by atoms with van der Waals surface area (Å²) in [5.74, 6) is 5.13. The predicted octanol–water partition coefficient (Wildman–Crippen LogP) is 2.91. The number of hydrogen-bond donors (Lipinski definition) is 2. The molecule has 0 bridgehead atoms. The van der Waals surface area contributed by atoms with Crippen LogP contribution in [0.3, 0.4) is 0 Å². The van der Waals surface area contributed by atoms with Crippen molar-refractivity contribution in [2.75, 3.05) is 11.6 Å². The Kier molecular flexibility index (Phi) is 5.70. The van der Waals surface area contributed by atoms with Gasteiger partial charge in [0.2, 0.25) is 11.1 Å². The molecular formula is C18H17F2N5OS. The normalized spacial score (nSPS) is 12.0. The first-order valence-electron chi connectivity index (χ1n) is 8.08. The van der Waals surface area contributed by atoms with E-state index < -0.39 is 5.82 Å². The van der Waals surface area contributed by atoms with Gasteiger partial charge in [-0.25, -0.2) is 13.5 Å². The molecule has 0 fully saturated rings. The van der Waals surface area contributed by atoms with Crippen molar-refractivity contribution >= 4 is 17.7 Å². The number of carbonyl (C=O) groups is 1. The molecule has 0 aliphatic carbocycles. The van der Waals surface area contributed by atoms with Gasteiger partial charge in [-0.3, -0.25) is 4.79 Å². The summed E-state index contributed by atoms with van der Waals surface area (Å²) in [6.07, 6.45) is 0. The molecule has 2 aromatic carbocycles. The van der Waals surface area contributed by atoms with Gasteiger partial charge < -0.3 is 11.2 Å². The Morgan fingerprint density at radius 3 is 2.59 bits per heavy atom. The van der Waals surface area contributed by atoms with E-state index in [0.29, 0.717) is 0 Å². The zero-order chi connectivity index (χ0) is 19.4. The number of hydrogen-bond acceptors (Lipinski definition) is 5. The van der Waals surface area contributed by atoms with Crippen LogP contribution in [0.25, 0.3) is 11.4 Å². The molecule has 27 heavy (non-hydrogen) atoms. The number of nitrogen functional groups attached to an aromatic ring is 1. The first-order valence-corrected chi connectivity index (χ1v) is 9.07. The smallest absolute Gasteiger partial charge is 0.230 e. The number of aromatic nitrogens is 3. The minimum atomic E-state index is -0.459. The Morgan fingerprint density at radius 1 is 1.19 bits per heavy atom. The summed E-state index contributed by atoms with van der Waals surface area (Å²) < 4.78 is 28.0. The summed E-state index contributed by atoms with van der Waals surface area (Å²) >= 11 is 1.09. The predicted molar refractivity (Wildman–Crippen MR) is 99.2 cm³/mol. The molecule has 6 nitrogen and oxygen atoms in total. The molecular weight excluding hydrogens is 372 g/mol. The lowest BCUT2D eigenvalue weighted by Crippen LogP contribution is -2.28. The van der Waals surface area contributed by atoms with Crippen molar-refractivity contribution in [2.24, 2.45) is 0 Å². The van der Waals surface area contributed by atoms with Crippen LogP contribution in [0.2, 0.25) is 0 Å². The maximum Gasteiger partial charge on any atom is 0.230 e. The van der Waals surface area contributed by atoms with Crippen molar-refractivity contribution in [3.63, 3.8) is 0 Å². The van der Waals surface area contributed by atoms with Crippen LogP contribution in [0.4, 0.5) is 8.78 Å². The van der Waals surface area contributed by atoms with Crippen LogP contribution in [0.15, 0.2) is 53.7 Å². The average Bonchev–Trinajstić information content (AvgIpc) is 3.01. The van der Waals surface area contributed by atoms with E-state index in [1.807, 2.05) is 0 Å². The Hall–Kier alpha value is -2.94. The molecule has 0 saturated heterocycles. The van der Waals surface area contributed by atoms with Crippen molar-refractivity contribution in [2.45, 2.75) is 18.1 Å². The summed E-state index contributed by atoms with van der Waals surface area (Å²) in [4.78, 5) is 12.1. The largest absolute Gasteiger partial charge is 0.349 e. The number of carbonyl (C=O) groups excluding carboxylic acids is 1. The number of amides is 1. The standard InChI is InChI=1S/C18H17F2N5OS/c1-11(12-6-8-13(19)9-7-12)22-16(26)10-27-18-24-23-17(25(18)21)14-4-2-3-5-15(14)20/h2-9,11H,10,21H2,1H3,(H,22,26)/t11-/m1/s1. The van der Waals surface area contributed by atoms with Gasteiger partial charge in [-0.05, 0) is 36.8 Å². The number of nitrogens with one attached hydrogen (secondary N) is 1. The number of nitrogens with zero attached hydrogens (tertiary/aromatic N) is 3. The monoisotopic (exact) mass is 389 g/mol. The van der Waals surface area contributed by atoms with E-state index >= 15 is 0 Å². The van der Waals surface area contributed by atoms with E-state index in [0.717, 1.165) is 22.0 Å². The molecule has 140 valence electrons. The highest BCUT2D eigenvalue weighted by molar-refractivity contribution is 7.99. The molecule has 0 saturated carbocycles. The lowest BCUT2D eigenvalue weighted by Gasteiger charge is -2.14. The van der Waals surface area contributed by atoms with Crippen molar-refractivity contribution in [3.8, 4) is 11.4 Å². The minimum Gasteiger partial charge on any atom is -0.349 e. The summed E-state index contributed by atoms with van der Waals surface area (Å²) in [7, 11) is 0. The van der Waals surface area contributed by atoms with Gasteiger partial charge in [0.05, 0.1) is 17.4 Å². The van der Waals surface area contributed by atoms with Crippen LogP contribution < -0.4 is 11.2 Å². The van der Waals surface area contributed by atoms with Crippen molar-refractivity contribution < 1.29 is 13.6 Å². The topological polar surface area (TPSA) is 85.8 Å². The van der Waals surface area contributed by atoms with Gasteiger partial charge in [0, 0.05) is 0 Å². The molecule has 0 aliphatic heterocycles. The SMILES string of the molecule is C[C@@H](NC(=O)CSc1nnc(-c2ccccc2F)n1N)c1ccc(F)cc1. The van der Waals surface area contributed by atoms with Gasteiger partial charge in [0.25, 0.3) is 0 Å². The van der Waals surface area contributed by atoms with Crippen molar-refractivity contribution in [1.29, 1.82) is 0 Å². The fraction of sp³-hybridized carbons (Fsp3) is 0.167. The van der Waals surface area contributed by atoms with Crippen molar-refractivity contribution in [1.82, 2.24) is 20.2 Å². The molecule has 0 radical (unpaired) electrons. The summed E-state index contributed by atoms with van der Waals surface area (Å²) in [6.45, 7) is 1.80. The lowest BCUT2D eigenvalue weighted by molar-refractivity contribution is -0.119. The van der Waals surface area contributed by atoms with Gasteiger partial charge >= 0.3 is 0 Å². The van der Waals surface area contributed by atoms with Gasteiger partial charge in [-0.2, -0.15) is 0 Å². The third-order valence-electron chi connectivity index (χ3n) is 3.86. The third kappa shape index (κ3) is 4.43. The third-order valence-corrected chi connectivity index (χ3v) is 4.80. The molecule has 1 amide bonds. The maximum atomic E-state index is 13.9. The second-order valence-corrected chi connectivity index (χ2v) is 6.73. The van der Waals surface area contributed by atoms with E-state index in [-0.39, 0.29) is 40.1 Å². The van der Waals surface area contributed by atoms with E-state index in [2.05, 4.69) is 15.5 Å². The Balaban J connectivity index is 1.61. The number of halogens is 2. The fourth-order valence-corrected chi connectivity index (χ4v) is 3.12. The molecule has 1 heterocycles. The minimum absolute atomic E-state index is 0.0537. The summed E-state index contributed by atoms with van der Waals surface area (Å²) in [5, 5.41) is 10.9. The number of benzene rings is 2. The zero-order valence-electron chi connectivity index (χ0n) is 14.4. The quantitative estimate of drug-likeness (QED) is 0.500. The van der Waals surface area contributed by atoms with E-state index in [9.17, 15) is 13.6 Å². The Morgan fingerprint density at radius 2 is 1.89 bits per heavy atom. The molecule has 3 aromatic rings. The van der Waals surface area contributed by atoms with E-state index in [1.165, 1.54) is 18.2 Å². The second kappa shape index (κ2) is 8.17. The van der Waals surface area contributed by atoms with Gasteiger partial charge in [-0.1, -0.05) is 36.0 Å². The van der Waals surface area contributed by atoms with E-state index in [4.69, 9.17) is 5.84 Å². The van der Waals surface area contributed by atoms with Crippen LogP contribution in [-0.4, -0.2) is 26.5 Å². The zero-order valence-corrected chi connectivity index (χ0v) is 15.2. The molecule has 0 unspecified atom stereocenters. The Bertz CT molecular complexity index is 945. The van der Waals surface area contributed by atoms with Crippen LogP contribution in [-0.2, 0) is 4.79 Å². The molecule has 9 heteroatoms. The Labute approximate surface area is 158 Å². The van der Waals surface area contributed by atoms with E-state index in [1.54, 1.807) is 37.3 Å². The van der Waals surface area contributed by atoms with Crippen molar-refractivity contribution in [3.05, 3.63) is 65.7 Å². The van der Waals surface area contributed by atoms with Gasteiger partial charge in [-0.15, -0.1) is 10.2 Å². The second-order valence-electron chi connectivity index (χ2n) is 5.79. The molecule has 0 spiro atoms. The average molecular weight is 389 g/mol. The first-order chi connectivity index (χ1) is 13.0. The number of rotatable bonds is 6. The molecule has 0 aliphatic rings. The molecule has 3 rings (SSSR count). The molecule has 1 aromatic heterocycles. The van der Waals surface area contributed by atoms with Crippen LogP contribution in [0, 0.1) is 11.6 Å². The van der Waals surface area contributed by atoms with Crippen LogP contribution in [0.5, 0.6) is 0 Å². The first kappa shape index (κ1) is 18.8. The highest BCUT2D eigenvalue weighted by Gasteiger charge is 2.17. The summed E-state index contributed by atoms with van der Waals surface area (Å²) in [5.41, 5.74) is 1.02.